The van der Waals surface area contributed by atoms with E-state index in [0.717, 1.165) is 37.7 Å². The molecule has 9 atom stereocenters. The number of Topliss-reactive ketones (excluding diaryl/α,β-unsaturated/α-hetero) is 1. The van der Waals surface area contributed by atoms with Crippen LogP contribution in [0.3, 0.4) is 0 Å². The number of allylic oxidation sites excluding steroid dienone is 1. The third-order valence-corrected chi connectivity index (χ3v) is 13.8. The van der Waals surface area contributed by atoms with Crippen LogP contribution >= 0.6 is 0 Å². The lowest BCUT2D eigenvalue weighted by Gasteiger charge is -2.72. The summed E-state index contributed by atoms with van der Waals surface area (Å²) in [6.07, 6.45) is 9.61. The lowest BCUT2D eigenvalue weighted by Crippen LogP contribution is -2.66. The van der Waals surface area contributed by atoms with Crippen molar-refractivity contribution in [3.63, 3.8) is 0 Å². The Balaban J connectivity index is 1.57. The lowest BCUT2D eigenvalue weighted by atomic mass is 9.33. The van der Waals surface area contributed by atoms with Gasteiger partial charge in [-0.15, -0.1) is 0 Å². The zero-order chi connectivity index (χ0) is 28.1. The summed E-state index contributed by atoms with van der Waals surface area (Å²) in [5.41, 5.74) is 2.61. The SMILES string of the molecule is CCC(O)[C@@]12CC[C@]3(C)[C@H](CC[C@@H]4[C@@]5(C)CC[C@H](OC(C)=O)C(C)(C)[C@@H]5CC[C@]43C)C1=C(C(C)C)C(=O)C2. The summed E-state index contributed by atoms with van der Waals surface area (Å²) in [5, 5.41) is 11.4. The first kappa shape index (κ1) is 28.4. The first-order valence-electron chi connectivity index (χ1n) is 15.7. The molecule has 0 aromatic heterocycles. The Morgan fingerprint density at radius 1 is 0.947 bits per heavy atom. The molecular formula is C34H54O4. The predicted octanol–water partition coefficient (Wildman–Crippen LogP) is 7.67. The summed E-state index contributed by atoms with van der Waals surface area (Å²) in [6.45, 7) is 20.4. The van der Waals surface area contributed by atoms with Gasteiger partial charge in [-0.1, -0.05) is 61.0 Å². The average molecular weight is 527 g/mol. The van der Waals surface area contributed by atoms with Gasteiger partial charge in [0, 0.05) is 24.2 Å². The van der Waals surface area contributed by atoms with Crippen molar-refractivity contribution in [3.05, 3.63) is 11.1 Å². The highest BCUT2D eigenvalue weighted by Gasteiger charge is 2.70. The Hall–Kier alpha value is -1.16. The van der Waals surface area contributed by atoms with Crippen molar-refractivity contribution in [3.8, 4) is 0 Å². The van der Waals surface area contributed by atoms with Gasteiger partial charge in [-0.3, -0.25) is 9.59 Å². The van der Waals surface area contributed by atoms with Gasteiger partial charge in [0.05, 0.1) is 6.10 Å². The fourth-order valence-electron chi connectivity index (χ4n) is 11.9. The second-order valence-corrected chi connectivity index (χ2v) is 15.7. The molecule has 5 rings (SSSR count). The summed E-state index contributed by atoms with van der Waals surface area (Å²) in [6, 6.07) is 0. The summed E-state index contributed by atoms with van der Waals surface area (Å²) < 4.78 is 5.90. The van der Waals surface area contributed by atoms with Crippen molar-refractivity contribution in [2.24, 2.45) is 50.7 Å². The van der Waals surface area contributed by atoms with Crippen molar-refractivity contribution >= 4 is 11.8 Å². The number of carbonyl (C=O) groups excluding carboxylic acids is 2. The van der Waals surface area contributed by atoms with Gasteiger partial charge in [0.1, 0.15) is 6.10 Å². The molecule has 4 saturated carbocycles. The fraction of sp³-hybridized carbons (Fsp3) is 0.882. The topological polar surface area (TPSA) is 63.6 Å². The number of fused-ring (bicyclic) bond motifs is 7. The van der Waals surface area contributed by atoms with Crippen LogP contribution in [0.25, 0.3) is 0 Å². The molecular weight excluding hydrogens is 472 g/mol. The van der Waals surface area contributed by atoms with Crippen molar-refractivity contribution in [2.45, 2.75) is 139 Å². The van der Waals surface area contributed by atoms with Crippen LogP contribution in [0.4, 0.5) is 0 Å². The van der Waals surface area contributed by atoms with Crippen molar-refractivity contribution in [1.29, 1.82) is 0 Å². The van der Waals surface area contributed by atoms with Crippen LogP contribution in [-0.4, -0.2) is 29.1 Å². The second-order valence-electron chi connectivity index (χ2n) is 15.7. The minimum atomic E-state index is -0.432. The van der Waals surface area contributed by atoms with E-state index in [1.54, 1.807) is 6.92 Å². The van der Waals surface area contributed by atoms with Gasteiger partial charge >= 0.3 is 5.97 Å². The monoisotopic (exact) mass is 526 g/mol. The van der Waals surface area contributed by atoms with E-state index in [-0.39, 0.29) is 45.1 Å². The van der Waals surface area contributed by atoms with E-state index in [0.29, 0.717) is 36.4 Å². The zero-order valence-corrected chi connectivity index (χ0v) is 25.7. The molecule has 5 aliphatic carbocycles. The van der Waals surface area contributed by atoms with Crippen molar-refractivity contribution < 1.29 is 19.4 Å². The molecule has 38 heavy (non-hydrogen) atoms. The van der Waals surface area contributed by atoms with Crippen LogP contribution in [0.15, 0.2) is 11.1 Å². The van der Waals surface area contributed by atoms with E-state index in [1.165, 1.54) is 24.8 Å². The maximum absolute atomic E-state index is 13.6. The van der Waals surface area contributed by atoms with Crippen molar-refractivity contribution in [2.75, 3.05) is 0 Å². The number of hydrogen-bond donors (Lipinski definition) is 1. The van der Waals surface area contributed by atoms with Gasteiger partial charge in [-0.2, -0.15) is 0 Å². The van der Waals surface area contributed by atoms with Crippen LogP contribution in [0.5, 0.6) is 0 Å². The van der Waals surface area contributed by atoms with E-state index in [1.807, 2.05) is 0 Å². The van der Waals surface area contributed by atoms with Gasteiger partial charge in [-0.05, 0) is 103 Å². The third-order valence-electron chi connectivity index (χ3n) is 13.8. The van der Waals surface area contributed by atoms with E-state index < -0.39 is 6.10 Å². The highest BCUT2D eigenvalue weighted by molar-refractivity contribution is 6.00. The van der Waals surface area contributed by atoms with E-state index in [9.17, 15) is 14.7 Å². The number of esters is 1. The van der Waals surface area contributed by atoms with Crippen LogP contribution in [-0.2, 0) is 14.3 Å². The van der Waals surface area contributed by atoms with Gasteiger partial charge in [0.25, 0.3) is 0 Å². The molecule has 0 aliphatic heterocycles. The average Bonchev–Trinajstić information content (AvgIpc) is 3.14. The number of carbonyl (C=O) groups is 2. The molecule has 0 spiro atoms. The highest BCUT2D eigenvalue weighted by atomic mass is 16.5. The lowest BCUT2D eigenvalue weighted by molar-refractivity contribution is -0.234. The summed E-state index contributed by atoms with van der Waals surface area (Å²) in [7, 11) is 0. The number of aliphatic hydroxyl groups is 1. The standard InChI is InChI=1S/C34H54O4/c1-10-26(37)34-18-17-32(8)22(29(34)28(20(2)3)23(36)19-34)11-12-25-31(7)15-14-27(38-21(4)35)30(5,6)24(31)13-16-33(25,32)9/h20,22,24-27,37H,10-19H2,1-9H3/t22-,24+,25-,26?,27+,31+,32-,33-,34+/m1/s1. The van der Waals surface area contributed by atoms with E-state index in [4.69, 9.17) is 4.74 Å². The molecule has 0 bridgehead atoms. The fourth-order valence-corrected chi connectivity index (χ4v) is 11.9. The molecule has 1 N–H and O–H groups in total. The Morgan fingerprint density at radius 3 is 2.24 bits per heavy atom. The zero-order valence-electron chi connectivity index (χ0n) is 25.7. The number of aliphatic hydroxyl groups excluding tert-OH is 1. The molecule has 0 aromatic carbocycles. The largest absolute Gasteiger partial charge is 0.462 e. The predicted molar refractivity (Wildman–Crippen MR) is 151 cm³/mol. The summed E-state index contributed by atoms with van der Waals surface area (Å²) in [5.74, 6) is 1.90. The van der Waals surface area contributed by atoms with Crippen LogP contribution in [0.2, 0.25) is 0 Å². The molecule has 214 valence electrons. The first-order valence-corrected chi connectivity index (χ1v) is 15.7. The number of ketones is 1. The van der Waals surface area contributed by atoms with Crippen molar-refractivity contribution in [1.82, 2.24) is 0 Å². The summed E-state index contributed by atoms with van der Waals surface area (Å²) in [4.78, 5) is 25.5. The number of hydrogen-bond acceptors (Lipinski definition) is 4. The molecule has 4 fully saturated rings. The number of ether oxygens (including phenoxy) is 1. The van der Waals surface area contributed by atoms with Gasteiger partial charge in [-0.25, -0.2) is 0 Å². The van der Waals surface area contributed by atoms with Gasteiger partial charge in [0.15, 0.2) is 5.78 Å². The van der Waals surface area contributed by atoms with Crippen LogP contribution < -0.4 is 0 Å². The Kier molecular flexibility index (Phi) is 6.66. The molecule has 0 aromatic rings. The molecule has 5 aliphatic rings. The quantitative estimate of drug-likeness (QED) is 0.382. The highest BCUT2D eigenvalue weighted by Crippen LogP contribution is 2.77. The van der Waals surface area contributed by atoms with Crippen LogP contribution in [0, 0.1) is 50.7 Å². The Bertz CT molecular complexity index is 1040. The molecule has 0 amide bonds. The Labute approximate surface area is 231 Å². The molecule has 0 saturated heterocycles. The van der Waals surface area contributed by atoms with E-state index >= 15 is 0 Å². The molecule has 4 nitrogen and oxygen atoms in total. The summed E-state index contributed by atoms with van der Waals surface area (Å²) >= 11 is 0. The normalized spacial score (nSPS) is 46.7. The molecule has 1 unspecified atom stereocenters. The first-order chi connectivity index (χ1) is 17.6. The minimum Gasteiger partial charge on any atom is -0.462 e. The molecule has 4 heteroatoms. The maximum atomic E-state index is 13.6. The van der Waals surface area contributed by atoms with E-state index in [2.05, 4.69) is 55.4 Å². The van der Waals surface area contributed by atoms with Gasteiger partial charge in [0.2, 0.25) is 0 Å². The maximum Gasteiger partial charge on any atom is 0.302 e. The van der Waals surface area contributed by atoms with Gasteiger partial charge < -0.3 is 9.84 Å². The van der Waals surface area contributed by atoms with Crippen LogP contribution in [0.1, 0.15) is 127 Å². The second kappa shape index (κ2) is 8.92. The smallest absolute Gasteiger partial charge is 0.302 e. The molecule has 0 heterocycles. The Morgan fingerprint density at radius 2 is 1.63 bits per heavy atom. The molecule has 0 radical (unpaired) electrons. The minimum absolute atomic E-state index is 0.00319. The third kappa shape index (κ3) is 3.50. The number of rotatable bonds is 4.